The van der Waals surface area contributed by atoms with Gasteiger partial charge in [-0.25, -0.2) is 4.98 Å². The summed E-state index contributed by atoms with van der Waals surface area (Å²) >= 11 is 0. The first-order chi connectivity index (χ1) is 7.29. The van der Waals surface area contributed by atoms with Crippen LogP contribution in [0.15, 0.2) is 16.7 Å². The van der Waals surface area contributed by atoms with E-state index in [1.807, 2.05) is 13.1 Å². The average molecular weight is 203 g/mol. The van der Waals surface area contributed by atoms with E-state index in [1.165, 1.54) is 5.56 Å². The summed E-state index contributed by atoms with van der Waals surface area (Å²) in [5, 5.41) is 0. The van der Waals surface area contributed by atoms with E-state index in [1.54, 1.807) is 0 Å². The Kier molecular flexibility index (Phi) is 1.73. The minimum atomic E-state index is 0.492. The van der Waals surface area contributed by atoms with Gasteiger partial charge in [0.2, 0.25) is 0 Å². The third-order valence-corrected chi connectivity index (χ3v) is 2.89. The van der Waals surface area contributed by atoms with E-state index in [0.717, 1.165) is 36.0 Å². The molecule has 3 heterocycles. The second-order valence-corrected chi connectivity index (χ2v) is 3.86. The Bertz CT molecular complexity index is 510. The van der Waals surface area contributed by atoms with Gasteiger partial charge in [0, 0.05) is 18.5 Å². The van der Waals surface area contributed by atoms with Crippen LogP contribution in [0.4, 0.5) is 0 Å². The molecule has 0 aromatic carbocycles. The van der Waals surface area contributed by atoms with Gasteiger partial charge in [-0.15, -0.1) is 0 Å². The molecule has 3 rings (SSSR count). The van der Waals surface area contributed by atoms with Crippen molar-refractivity contribution in [3.63, 3.8) is 0 Å². The van der Waals surface area contributed by atoms with Crippen LogP contribution < -0.4 is 5.73 Å². The number of furan rings is 1. The van der Waals surface area contributed by atoms with Gasteiger partial charge in [0.25, 0.3) is 0 Å². The Hall–Kier alpha value is -1.55. The number of nitrogens with zero attached hydrogens (tertiary/aromatic N) is 2. The smallest absolute Gasteiger partial charge is 0.122 e. The Morgan fingerprint density at radius 1 is 1.60 bits per heavy atom. The largest absolute Gasteiger partial charge is 0.466 e. The summed E-state index contributed by atoms with van der Waals surface area (Å²) < 4.78 is 7.81. The fourth-order valence-electron chi connectivity index (χ4n) is 2.22. The molecule has 0 amide bonds. The summed E-state index contributed by atoms with van der Waals surface area (Å²) in [5.74, 6) is 2.99. The molecule has 0 radical (unpaired) electrons. The van der Waals surface area contributed by atoms with Crippen LogP contribution in [0.1, 0.15) is 17.3 Å². The molecule has 2 N–H and O–H groups in total. The maximum atomic E-state index is 5.64. The number of aryl methyl sites for hydroxylation is 2. The van der Waals surface area contributed by atoms with Crippen LogP contribution in [0.3, 0.4) is 0 Å². The lowest BCUT2D eigenvalue weighted by molar-refractivity contribution is 0.461. The van der Waals surface area contributed by atoms with Crippen LogP contribution in [0.25, 0.3) is 11.3 Å². The second-order valence-electron chi connectivity index (χ2n) is 3.86. The van der Waals surface area contributed by atoms with Crippen LogP contribution >= 0.6 is 0 Å². The van der Waals surface area contributed by atoms with Crippen molar-refractivity contribution in [3.05, 3.63) is 29.6 Å². The van der Waals surface area contributed by atoms with Gasteiger partial charge in [-0.3, -0.25) is 0 Å². The SMILES string of the molecule is Cc1cc2c(o1)CCn1c-2cnc1CN. The van der Waals surface area contributed by atoms with Gasteiger partial charge in [0.05, 0.1) is 18.4 Å². The Morgan fingerprint density at radius 3 is 3.27 bits per heavy atom. The van der Waals surface area contributed by atoms with Crippen molar-refractivity contribution in [3.8, 4) is 11.3 Å². The lowest BCUT2D eigenvalue weighted by atomic mass is 10.1. The van der Waals surface area contributed by atoms with Crippen molar-refractivity contribution >= 4 is 0 Å². The lowest BCUT2D eigenvalue weighted by Gasteiger charge is -2.15. The molecule has 0 saturated heterocycles. The fourth-order valence-corrected chi connectivity index (χ4v) is 2.22. The third-order valence-electron chi connectivity index (χ3n) is 2.89. The third kappa shape index (κ3) is 1.15. The molecule has 78 valence electrons. The van der Waals surface area contributed by atoms with E-state index in [2.05, 4.69) is 15.6 Å². The second kappa shape index (κ2) is 2.97. The zero-order valence-electron chi connectivity index (χ0n) is 8.66. The topological polar surface area (TPSA) is 57.0 Å². The Balaban J connectivity index is 2.21. The number of hydrogen-bond donors (Lipinski definition) is 1. The molecule has 4 heteroatoms. The van der Waals surface area contributed by atoms with Gasteiger partial charge in [0.15, 0.2) is 0 Å². The first-order valence-electron chi connectivity index (χ1n) is 5.13. The highest BCUT2D eigenvalue weighted by Crippen LogP contribution is 2.32. The monoisotopic (exact) mass is 203 g/mol. The number of aromatic nitrogens is 2. The number of imidazole rings is 1. The standard InChI is InChI=1S/C11H13N3O/c1-7-4-8-9-6-13-11(5-12)14(9)3-2-10(8)15-7/h4,6H,2-3,5,12H2,1H3. The van der Waals surface area contributed by atoms with Crippen molar-refractivity contribution in [2.24, 2.45) is 5.73 Å². The Morgan fingerprint density at radius 2 is 2.47 bits per heavy atom. The van der Waals surface area contributed by atoms with Crippen molar-refractivity contribution in [1.82, 2.24) is 9.55 Å². The zero-order chi connectivity index (χ0) is 10.4. The molecule has 0 atom stereocenters. The molecular weight excluding hydrogens is 190 g/mol. The lowest BCUT2D eigenvalue weighted by Crippen LogP contribution is -2.14. The molecule has 1 aliphatic heterocycles. The van der Waals surface area contributed by atoms with E-state index in [9.17, 15) is 0 Å². The molecule has 4 nitrogen and oxygen atoms in total. The van der Waals surface area contributed by atoms with Crippen LogP contribution in [0.2, 0.25) is 0 Å². The first kappa shape index (κ1) is 8.73. The molecule has 15 heavy (non-hydrogen) atoms. The summed E-state index contributed by atoms with van der Waals surface area (Å²) in [6, 6.07) is 2.07. The van der Waals surface area contributed by atoms with E-state index in [-0.39, 0.29) is 0 Å². The number of fused-ring (bicyclic) bond motifs is 3. The summed E-state index contributed by atoms with van der Waals surface area (Å²) in [4.78, 5) is 4.32. The van der Waals surface area contributed by atoms with Crippen LogP contribution in [0, 0.1) is 6.92 Å². The van der Waals surface area contributed by atoms with Gasteiger partial charge in [-0.1, -0.05) is 0 Å². The summed E-state index contributed by atoms with van der Waals surface area (Å²) in [5.41, 5.74) is 7.94. The highest BCUT2D eigenvalue weighted by atomic mass is 16.3. The summed E-state index contributed by atoms with van der Waals surface area (Å²) in [6.45, 7) is 3.39. The molecule has 0 spiro atoms. The molecular formula is C11H13N3O. The average Bonchev–Trinajstić information content (AvgIpc) is 2.78. The molecule has 0 unspecified atom stereocenters. The predicted octanol–water partition coefficient (Wildman–Crippen LogP) is 1.47. The van der Waals surface area contributed by atoms with Gasteiger partial charge >= 0.3 is 0 Å². The maximum absolute atomic E-state index is 5.64. The van der Waals surface area contributed by atoms with Crippen LogP contribution in [-0.4, -0.2) is 9.55 Å². The molecule has 0 bridgehead atoms. The maximum Gasteiger partial charge on any atom is 0.122 e. The van der Waals surface area contributed by atoms with E-state index in [4.69, 9.17) is 10.2 Å². The number of hydrogen-bond acceptors (Lipinski definition) is 3. The van der Waals surface area contributed by atoms with Gasteiger partial charge in [0.1, 0.15) is 17.3 Å². The van der Waals surface area contributed by atoms with E-state index >= 15 is 0 Å². The summed E-state index contributed by atoms with van der Waals surface area (Å²) in [7, 11) is 0. The zero-order valence-corrected chi connectivity index (χ0v) is 8.66. The van der Waals surface area contributed by atoms with Crippen LogP contribution in [0.5, 0.6) is 0 Å². The van der Waals surface area contributed by atoms with Crippen LogP contribution in [-0.2, 0) is 19.5 Å². The molecule has 0 saturated carbocycles. The van der Waals surface area contributed by atoms with Crippen molar-refractivity contribution in [2.75, 3.05) is 0 Å². The molecule has 0 aliphatic carbocycles. The highest BCUT2D eigenvalue weighted by Gasteiger charge is 2.21. The van der Waals surface area contributed by atoms with Gasteiger partial charge < -0.3 is 14.7 Å². The normalized spacial score (nSPS) is 13.7. The van der Waals surface area contributed by atoms with E-state index < -0.39 is 0 Å². The number of nitrogens with two attached hydrogens (primary N) is 1. The number of rotatable bonds is 1. The highest BCUT2D eigenvalue weighted by molar-refractivity contribution is 5.64. The minimum absolute atomic E-state index is 0.492. The molecule has 1 aliphatic rings. The van der Waals surface area contributed by atoms with Gasteiger partial charge in [-0.2, -0.15) is 0 Å². The molecule has 2 aromatic heterocycles. The fraction of sp³-hybridized carbons (Fsp3) is 0.364. The van der Waals surface area contributed by atoms with Crippen molar-refractivity contribution in [1.29, 1.82) is 0 Å². The van der Waals surface area contributed by atoms with Gasteiger partial charge in [-0.05, 0) is 13.0 Å². The van der Waals surface area contributed by atoms with E-state index in [0.29, 0.717) is 6.54 Å². The Labute approximate surface area is 87.7 Å². The van der Waals surface area contributed by atoms with Crippen molar-refractivity contribution < 1.29 is 4.42 Å². The minimum Gasteiger partial charge on any atom is -0.466 e. The summed E-state index contributed by atoms with van der Waals surface area (Å²) in [6.07, 6.45) is 2.81. The molecule has 0 fully saturated rings. The quantitative estimate of drug-likeness (QED) is 0.763. The predicted molar refractivity (Wildman–Crippen MR) is 56.3 cm³/mol. The van der Waals surface area contributed by atoms with Crippen molar-refractivity contribution in [2.45, 2.75) is 26.4 Å². The first-order valence-corrected chi connectivity index (χ1v) is 5.13. The molecule has 2 aromatic rings.